The second-order valence-electron chi connectivity index (χ2n) is 5.75. The number of methoxy groups -OCH3 is 2. The zero-order chi connectivity index (χ0) is 19.2. The fraction of sp³-hybridized carbons (Fsp3) is 0.200. The smallest absolute Gasteiger partial charge is 0.241 e. The Kier molecular flexibility index (Phi) is 5.61. The number of anilines is 1. The molecule has 3 rings (SSSR count). The van der Waals surface area contributed by atoms with Crippen molar-refractivity contribution in [3.8, 4) is 17.2 Å². The fourth-order valence-electron chi connectivity index (χ4n) is 2.61. The lowest BCUT2D eigenvalue weighted by Crippen LogP contribution is -2.38. The lowest BCUT2D eigenvalue weighted by Gasteiger charge is -2.06. The van der Waals surface area contributed by atoms with Gasteiger partial charge in [0.05, 0.1) is 25.6 Å². The molecule has 2 aromatic carbocycles. The van der Waals surface area contributed by atoms with Gasteiger partial charge in [-0.2, -0.15) is 5.11 Å². The molecule has 0 unspecified atom stereocenters. The van der Waals surface area contributed by atoms with Gasteiger partial charge < -0.3 is 14.8 Å². The first-order valence-electron chi connectivity index (χ1n) is 8.46. The van der Waals surface area contributed by atoms with Gasteiger partial charge in [-0.1, -0.05) is 0 Å². The van der Waals surface area contributed by atoms with Gasteiger partial charge in [-0.3, -0.25) is 0 Å². The Balaban J connectivity index is 1.98. The van der Waals surface area contributed by atoms with Crippen LogP contribution in [0.25, 0.3) is 5.69 Å². The Bertz CT molecular complexity index is 938. The summed E-state index contributed by atoms with van der Waals surface area (Å²) >= 11 is 0. The fourth-order valence-corrected chi connectivity index (χ4v) is 2.61. The Morgan fingerprint density at radius 1 is 0.889 bits per heavy atom. The molecule has 0 aliphatic heterocycles. The number of ether oxygens (including phenoxy) is 2. The molecule has 0 atom stereocenters. The van der Waals surface area contributed by atoms with E-state index in [-0.39, 0.29) is 0 Å². The lowest BCUT2D eigenvalue weighted by molar-refractivity contribution is -0.665. The average Bonchev–Trinajstić information content (AvgIpc) is 2.73. The maximum absolute atomic E-state index is 5.22. The van der Waals surface area contributed by atoms with Crippen molar-refractivity contribution in [2.45, 2.75) is 6.92 Å². The van der Waals surface area contributed by atoms with Crippen molar-refractivity contribution in [1.29, 1.82) is 0 Å². The van der Waals surface area contributed by atoms with E-state index in [0.717, 1.165) is 39.9 Å². The summed E-state index contributed by atoms with van der Waals surface area (Å²) in [5.74, 6) is 1.57. The molecule has 0 fully saturated rings. The second kappa shape index (κ2) is 8.27. The highest BCUT2D eigenvalue weighted by atomic mass is 16.5. The Hall–Kier alpha value is -3.48. The van der Waals surface area contributed by atoms with Crippen molar-refractivity contribution in [1.82, 2.24) is 5.10 Å². The standard InChI is InChI=1S/C20H21N5O2/c1-14-20(24-23-15-5-9-17(26-3)10-6-15)19(21-2)13-22-25(14)16-7-11-18(27-4)12-8-16/h5-13H,1-4H3/p+1. The van der Waals surface area contributed by atoms with Crippen molar-refractivity contribution in [2.75, 3.05) is 26.6 Å². The van der Waals surface area contributed by atoms with Crippen LogP contribution >= 0.6 is 0 Å². The molecule has 1 heterocycles. The van der Waals surface area contributed by atoms with Crippen LogP contribution in [0.3, 0.4) is 0 Å². The highest BCUT2D eigenvalue weighted by Crippen LogP contribution is 2.28. The van der Waals surface area contributed by atoms with Gasteiger partial charge in [-0.05, 0) is 41.1 Å². The van der Waals surface area contributed by atoms with Crippen LogP contribution in [0.5, 0.6) is 11.5 Å². The molecule has 0 aliphatic rings. The van der Waals surface area contributed by atoms with Crippen LogP contribution in [0.1, 0.15) is 5.69 Å². The van der Waals surface area contributed by atoms with Crippen molar-refractivity contribution in [2.24, 2.45) is 10.2 Å². The maximum Gasteiger partial charge on any atom is 0.241 e. The lowest BCUT2D eigenvalue weighted by atomic mass is 10.2. The summed E-state index contributed by atoms with van der Waals surface area (Å²) in [4.78, 5) is 0. The normalized spacial score (nSPS) is 10.8. The first kappa shape index (κ1) is 18.3. The van der Waals surface area contributed by atoms with E-state index in [0.29, 0.717) is 0 Å². The molecule has 1 aromatic heterocycles. The third-order valence-electron chi connectivity index (χ3n) is 4.14. The van der Waals surface area contributed by atoms with E-state index in [1.54, 1.807) is 20.4 Å². The minimum atomic E-state index is 0.721. The Labute approximate surface area is 158 Å². The van der Waals surface area contributed by atoms with Gasteiger partial charge in [0, 0.05) is 31.2 Å². The quantitative estimate of drug-likeness (QED) is 0.527. The molecule has 3 aromatic rings. The van der Waals surface area contributed by atoms with E-state index in [1.807, 2.05) is 67.2 Å². The third-order valence-corrected chi connectivity index (χ3v) is 4.14. The van der Waals surface area contributed by atoms with E-state index < -0.39 is 0 Å². The molecule has 0 amide bonds. The first-order chi connectivity index (χ1) is 13.2. The molecule has 7 nitrogen and oxygen atoms in total. The van der Waals surface area contributed by atoms with Crippen molar-refractivity contribution in [3.05, 3.63) is 60.4 Å². The van der Waals surface area contributed by atoms with E-state index in [1.165, 1.54) is 0 Å². The molecule has 138 valence electrons. The zero-order valence-corrected chi connectivity index (χ0v) is 15.8. The molecular weight excluding hydrogens is 342 g/mol. The van der Waals surface area contributed by atoms with Crippen LogP contribution < -0.4 is 19.5 Å². The predicted molar refractivity (Wildman–Crippen MR) is 104 cm³/mol. The summed E-state index contributed by atoms with van der Waals surface area (Å²) in [6.45, 7) is 1.96. The summed E-state index contributed by atoms with van der Waals surface area (Å²) in [7, 11) is 5.11. The molecule has 0 aliphatic carbocycles. The van der Waals surface area contributed by atoms with Crippen molar-refractivity contribution < 1.29 is 14.2 Å². The topological polar surface area (TPSA) is 72.0 Å². The van der Waals surface area contributed by atoms with Crippen LogP contribution in [0.15, 0.2) is 65.0 Å². The van der Waals surface area contributed by atoms with Crippen LogP contribution in [0.4, 0.5) is 17.1 Å². The molecule has 0 radical (unpaired) electrons. The predicted octanol–water partition coefficient (Wildman–Crippen LogP) is 4.14. The Morgan fingerprint density at radius 3 is 2.04 bits per heavy atom. The van der Waals surface area contributed by atoms with Crippen LogP contribution in [-0.4, -0.2) is 26.4 Å². The summed E-state index contributed by atoms with van der Waals surface area (Å²) in [5.41, 5.74) is 4.04. The number of benzene rings is 2. The Morgan fingerprint density at radius 2 is 1.48 bits per heavy atom. The van der Waals surface area contributed by atoms with E-state index in [2.05, 4.69) is 20.6 Å². The molecule has 0 saturated carbocycles. The second-order valence-corrected chi connectivity index (χ2v) is 5.75. The van der Waals surface area contributed by atoms with Crippen molar-refractivity contribution >= 4 is 17.1 Å². The average molecular weight is 364 g/mol. The number of aromatic nitrogens is 2. The summed E-state index contributed by atoms with van der Waals surface area (Å²) in [6.07, 6.45) is 1.74. The van der Waals surface area contributed by atoms with Crippen molar-refractivity contribution in [3.63, 3.8) is 0 Å². The number of nitrogens with zero attached hydrogens (tertiary/aromatic N) is 4. The van der Waals surface area contributed by atoms with Crippen LogP contribution in [0, 0.1) is 6.92 Å². The van der Waals surface area contributed by atoms with Gasteiger partial charge in [0.25, 0.3) is 0 Å². The van der Waals surface area contributed by atoms with E-state index in [9.17, 15) is 0 Å². The number of hydrogen-bond donors (Lipinski definition) is 1. The van der Waals surface area contributed by atoms with Gasteiger partial charge in [0.1, 0.15) is 17.7 Å². The SMILES string of the molecule is CNc1cn[n+](-c2ccc(OC)cc2)c(C)c1N=Nc1ccc(OC)cc1. The minimum absolute atomic E-state index is 0.721. The zero-order valence-electron chi connectivity index (χ0n) is 15.8. The highest BCUT2D eigenvalue weighted by molar-refractivity contribution is 5.64. The largest absolute Gasteiger partial charge is 0.497 e. The molecular formula is C20H22N5O2+. The number of nitrogens with one attached hydrogen (secondary N) is 1. The number of rotatable bonds is 6. The number of hydrogen-bond acceptors (Lipinski definition) is 6. The van der Waals surface area contributed by atoms with Gasteiger partial charge in [0.15, 0.2) is 5.69 Å². The summed E-state index contributed by atoms with van der Waals surface area (Å²) in [6, 6.07) is 15.1. The third kappa shape index (κ3) is 4.03. The highest BCUT2D eigenvalue weighted by Gasteiger charge is 2.20. The van der Waals surface area contributed by atoms with Gasteiger partial charge in [-0.25, -0.2) is 0 Å². The summed E-state index contributed by atoms with van der Waals surface area (Å²) < 4.78 is 12.2. The maximum atomic E-state index is 5.22. The van der Waals surface area contributed by atoms with Crippen LogP contribution in [-0.2, 0) is 0 Å². The van der Waals surface area contributed by atoms with Gasteiger partial charge in [-0.15, -0.1) is 5.11 Å². The number of azo groups is 1. The monoisotopic (exact) mass is 364 g/mol. The molecule has 1 N–H and O–H groups in total. The van der Waals surface area contributed by atoms with Crippen LogP contribution in [0.2, 0.25) is 0 Å². The molecule has 27 heavy (non-hydrogen) atoms. The molecule has 0 spiro atoms. The first-order valence-corrected chi connectivity index (χ1v) is 8.46. The van der Waals surface area contributed by atoms with E-state index in [4.69, 9.17) is 9.47 Å². The van der Waals surface area contributed by atoms with Gasteiger partial charge in [0.2, 0.25) is 11.4 Å². The molecule has 0 saturated heterocycles. The van der Waals surface area contributed by atoms with E-state index >= 15 is 0 Å². The molecule has 7 heteroatoms. The van der Waals surface area contributed by atoms with Gasteiger partial charge >= 0.3 is 0 Å². The summed E-state index contributed by atoms with van der Waals surface area (Å²) in [5, 5.41) is 16.4. The molecule has 0 bridgehead atoms. The minimum Gasteiger partial charge on any atom is -0.497 e.